The molecular formula is C10H10O4. The SMILES string of the molecule is O=C(O)C(O)CC=CC#CC#CCO. The first-order valence-corrected chi connectivity index (χ1v) is 3.83. The standard InChI is InChI=1S/C10H10O4/c11-8-6-4-2-1-3-5-7-9(12)10(13)14/h3,5,9,11-12H,7-8H2,(H,13,14). The van der Waals surface area contributed by atoms with E-state index < -0.39 is 12.1 Å². The molecule has 0 aliphatic heterocycles. The highest BCUT2D eigenvalue weighted by molar-refractivity contribution is 5.72. The van der Waals surface area contributed by atoms with E-state index in [0.29, 0.717) is 0 Å². The maximum atomic E-state index is 10.1. The summed E-state index contributed by atoms with van der Waals surface area (Å²) in [5.74, 6) is 8.31. The molecule has 4 heteroatoms. The number of hydrogen-bond donors (Lipinski definition) is 3. The van der Waals surface area contributed by atoms with Gasteiger partial charge < -0.3 is 15.3 Å². The number of hydrogen-bond acceptors (Lipinski definition) is 3. The molecule has 0 radical (unpaired) electrons. The number of rotatable bonds is 3. The molecular weight excluding hydrogens is 184 g/mol. The van der Waals surface area contributed by atoms with E-state index in [-0.39, 0.29) is 13.0 Å². The average Bonchev–Trinajstić information content (AvgIpc) is 2.16. The monoisotopic (exact) mass is 194 g/mol. The Hall–Kier alpha value is -1.75. The molecule has 0 aliphatic rings. The van der Waals surface area contributed by atoms with Crippen LogP contribution in [0.3, 0.4) is 0 Å². The summed E-state index contributed by atoms with van der Waals surface area (Å²) in [6, 6.07) is 0. The summed E-state index contributed by atoms with van der Waals surface area (Å²) in [5.41, 5.74) is 0. The highest BCUT2D eigenvalue weighted by Crippen LogP contribution is 1.92. The second-order valence-corrected chi connectivity index (χ2v) is 2.22. The van der Waals surface area contributed by atoms with Crippen LogP contribution >= 0.6 is 0 Å². The summed E-state index contributed by atoms with van der Waals surface area (Å²) in [4.78, 5) is 10.1. The minimum Gasteiger partial charge on any atom is -0.479 e. The summed E-state index contributed by atoms with van der Waals surface area (Å²) in [6.45, 7) is -0.240. The Labute approximate surface area is 81.9 Å². The molecule has 0 saturated carbocycles. The zero-order chi connectivity index (χ0) is 10.8. The van der Waals surface area contributed by atoms with Gasteiger partial charge in [-0.3, -0.25) is 0 Å². The molecule has 0 rings (SSSR count). The maximum Gasteiger partial charge on any atom is 0.332 e. The van der Waals surface area contributed by atoms with Crippen LogP contribution in [0.4, 0.5) is 0 Å². The molecule has 0 fully saturated rings. The van der Waals surface area contributed by atoms with E-state index >= 15 is 0 Å². The van der Waals surface area contributed by atoms with E-state index in [2.05, 4.69) is 23.7 Å². The van der Waals surface area contributed by atoms with Gasteiger partial charge in [-0.15, -0.1) is 0 Å². The fraction of sp³-hybridized carbons (Fsp3) is 0.300. The average molecular weight is 194 g/mol. The molecule has 0 bridgehead atoms. The molecule has 4 nitrogen and oxygen atoms in total. The van der Waals surface area contributed by atoms with Crippen molar-refractivity contribution in [1.29, 1.82) is 0 Å². The molecule has 0 amide bonds. The molecule has 0 aromatic rings. The molecule has 0 heterocycles. The smallest absolute Gasteiger partial charge is 0.332 e. The second kappa shape index (κ2) is 7.88. The lowest BCUT2D eigenvalue weighted by molar-refractivity contribution is -0.146. The molecule has 74 valence electrons. The van der Waals surface area contributed by atoms with E-state index in [9.17, 15) is 4.79 Å². The fourth-order valence-corrected chi connectivity index (χ4v) is 0.518. The van der Waals surface area contributed by atoms with Gasteiger partial charge in [0.2, 0.25) is 0 Å². The zero-order valence-electron chi connectivity index (χ0n) is 7.40. The number of aliphatic hydroxyl groups excluding tert-OH is 2. The third kappa shape index (κ3) is 6.93. The molecule has 3 N–H and O–H groups in total. The molecule has 0 aromatic heterocycles. The molecule has 0 aliphatic carbocycles. The van der Waals surface area contributed by atoms with Crippen molar-refractivity contribution >= 4 is 5.97 Å². The third-order valence-corrected chi connectivity index (χ3v) is 1.15. The van der Waals surface area contributed by atoms with E-state index in [4.69, 9.17) is 15.3 Å². The van der Waals surface area contributed by atoms with Gasteiger partial charge in [-0.05, 0) is 17.9 Å². The first-order valence-electron chi connectivity index (χ1n) is 3.83. The van der Waals surface area contributed by atoms with E-state index in [1.54, 1.807) is 0 Å². The summed E-state index contributed by atoms with van der Waals surface area (Å²) in [7, 11) is 0. The van der Waals surface area contributed by atoms with E-state index in [0.717, 1.165) is 0 Å². The molecule has 0 spiro atoms. The van der Waals surface area contributed by atoms with Crippen LogP contribution in [-0.4, -0.2) is 34.0 Å². The Bertz CT molecular complexity index is 322. The molecule has 0 aromatic carbocycles. The maximum absolute atomic E-state index is 10.1. The predicted molar refractivity (Wildman–Crippen MR) is 50.0 cm³/mol. The number of carboxylic acid groups (broad SMARTS) is 1. The largest absolute Gasteiger partial charge is 0.479 e. The lowest BCUT2D eigenvalue weighted by atomic mass is 10.2. The third-order valence-electron chi connectivity index (χ3n) is 1.15. The Balaban J connectivity index is 3.83. The molecule has 1 atom stereocenters. The normalized spacial score (nSPS) is 11.0. The van der Waals surface area contributed by atoms with Crippen LogP contribution in [-0.2, 0) is 4.79 Å². The lowest BCUT2D eigenvalue weighted by Crippen LogP contribution is -2.17. The van der Waals surface area contributed by atoms with Crippen molar-refractivity contribution in [3.63, 3.8) is 0 Å². The van der Waals surface area contributed by atoms with Gasteiger partial charge in [0, 0.05) is 6.42 Å². The van der Waals surface area contributed by atoms with Crippen molar-refractivity contribution in [3.8, 4) is 23.7 Å². The number of aliphatic carboxylic acids is 1. The van der Waals surface area contributed by atoms with Crippen molar-refractivity contribution in [2.24, 2.45) is 0 Å². The van der Waals surface area contributed by atoms with Crippen molar-refractivity contribution < 1.29 is 20.1 Å². The van der Waals surface area contributed by atoms with Gasteiger partial charge in [0.1, 0.15) is 6.61 Å². The van der Waals surface area contributed by atoms with Crippen LogP contribution in [0.15, 0.2) is 12.2 Å². The van der Waals surface area contributed by atoms with Crippen molar-refractivity contribution in [2.75, 3.05) is 6.61 Å². The van der Waals surface area contributed by atoms with E-state index in [1.807, 2.05) is 0 Å². The van der Waals surface area contributed by atoms with Crippen LogP contribution in [0.1, 0.15) is 6.42 Å². The summed E-state index contributed by atoms with van der Waals surface area (Å²) in [6.07, 6.45) is 1.46. The van der Waals surface area contributed by atoms with Crippen LogP contribution < -0.4 is 0 Å². The van der Waals surface area contributed by atoms with Crippen LogP contribution in [0.25, 0.3) is 0 Å². The number of aliphatic hydroxyl groups is 2. The molecule has 1 unspecified atom stereocenters. The minimum absolute atomic E-state index is 0.0114. The Morgan fingerprint density at radius 3 is 2.71 bits per heavy atom. The topological polar surface area (TPSA) is 77.8 Å². The summed E-state index contributed by atoms with van der Waals surface area (Å²) >= 11 is 0. The van der Waals surface area contributed by atoms with Gasteiger partial charge in [0.05, 0.1) is 0 Å². The van der Waals surface area contributed by atoms with E-state index in [1.165, 1.54) is 12.2 Å². The molecule has 0 saturated heterocycles. The predicted octanol–water partition coefficient (Wildman–Crippen LogP) is -0.623. The summed E-state index contributed by atoms with van der Waals surface area (Å²) in [5, 5.41) is 25.3. The highest BCUT2D eigenvalue weighted by atomic mass is 16.4. The van der Waals surface area contributed by atoms with Crippen LogP contribution in [0.5, 0.6) is 0 Å². The van der Waals surface area contributed by atoms with Gasteiger partial charge in [-0.25, -0.2) is 4.79 Å². The van der Waals surface area contributed by atoms with Gasteiger partial charge in [-0.1, -0.05) is 17.9 Å². The Morgan fingerprint density at radius 1 is 1.43 bits per heavy atom. The van der Waals surface area contributed by atoms with Crippen molar-refractivity contribution in [1.82, 2.24) is 0 Å². The van der Waals surface area contributed by atoms with Crippen LogP contribution in [0.2, 0.25) is 0 Å². The fourth-order valence-electron chi connectivity index (χ4n) is 0.518. The number of allylic oxidation sites excluding steroid dienone is 1. The Morgan fingerprint density at radius 2 is 2.14 bits per heavy atom. The lowest BCUT2D eigenvalue weighted by Gasteiger charge is -1.97. The number of carbonyl (C=O) groups is 1. The second-order valence-electron chi connectivity index (χ2n) is 2.22. The van der Waals surface area contributed by atoms with Crippen molar-refractivity contribution in [2.45, 2.75) is 12.5 Å². The Kier molecular flexibility index (Phi) is 6.89. The highest BCUT2D eigenvalue weighted by Gasteiger charge is 2.09. The first kappa shape index (κ1) is 12.2. The van der Waals surface area contributed by atoms with Gasteiger partial charge in [-0.2, -0.15) is 0 Å². The van der Waals surface area contributed by atoms with Gasteiger partial charge >= 0.3 is 5.97 Å². The van der Waals surface area contributed by atoms with Crippen molar-refractivity contribution in [3.05, 3.63) is 12.2 Å². The van der Waals surface area contributed by atoms with Crippen LogP contribution in [0, 0.1) is 23.7 Å². The number of carboxylic acids is 1. The zero-order valence-corrected chi connectivity index (χ0v) is 7.40. The summed E-state index contributed by atoms with van der Waals surface area (Å²) < 4.78 is 0. The first-order chi connectivity index (χ1) is 6.68. The molecule has 14 heavy (non-hydrogen) atoms. The van der Waals surface area contributed by atoms with Gasteiger partial charge in [0.25, 0.3) is 0 Å². The van der Waals surface area contributed by atoms with Gasteiger partial charge in [0.15, 0.2) is 6.10 Å². The quantitative estimate of drug-likeness (QED) is 0.523. The minimum atomic E-state index is -1.39.